The van der Waals surface area contributed by atoms with Crippen molar-refractivity contribution < 1.29 is 9.53 Å². The molecule has 1 aromatic heterocycles. The van der Waals surface area contributed by atoms with Crippen molar-refractivity contribution in [2.45, 2.75) is 31.5 Å². The van der Waals surface area contributed by atoms with Gasteiger partial charge in [0.15, 0.2) is 4.34 Å². The van der Waals surface area contributed by atoms with E-state index < -0.39 is 0 Å². The average molecular weight is 468 g/mol. The second kappa shape index (κ2) is 11.5. The van der Waals surface area contributed by atoms with Crippen molar-refractivity contribution in [1.82, 2.24) is 10.2 Å². The van der Waals surface area contributed by atoms with Gasteiger partial charge in [0, 0.05) is 17.9 Å². The number of nitriles is 1. The summed E-state index contributed by atoms with van der Waals surface area (Å²) < 4.78 is 6.17. The molecule has 0 unspecified atom stereocenters. The predicted molar refractivity (Wildman–Crippen MR) is 130 cm³/mol. The van der Waals surface area contributed by atoms with Crippen LogP contribution in [-0.2, 0) is 4.79 Å². The largest absolute Gasteiger partial charge is 0.494 e. The van der Waals surface area contributed by atoms with Gasteiger partial charge in [0.1, 0.15) is 5.75 Å². The number of rotatable bonds is 10. The van der Waals surface area contributed by atoms with Gasteiger partial charge in [-0.15, -0.1) is 10.2 Å². The van der Waals surface area contributed by atoms with E-state index in [-0.39, 0.29) is 18.1 Å². The van der Waals surface area contributed by atoms with Crippen LogP contribution >= 0.6 is 23.1 Å². The molecule has 0 aliphatic heterocycles. The fourth-order valence-corrected chi connectivity index (χ4v) is 4.61. The third-order valence-electron chi connectivity index (χ3n) is 4.78. The summed E-state index contributed by atoms with van der Waals surface area (Å²) in [6.07, 6.45) is 0.256. The quantitative estimate of drug-likeness (QED) is 0.403. The molecule has 0 aliphatic carbocycles. The zero-order valence-electron chi connectivity index (χ0n) is 18.3. The van der Waals surface area contributed by atoms with E-state index >= 15 is 0 Å². The number of benzene rings is 2. The zero-order chi connectivity index (χ0) is 22.9. The number of hydrogen-bond acceptors (Lipinski definition) is 8. The number of thioether (sulfide) groups is 1. The molecule has 0 spiro atoms. The minimum absolute atomic E-state index is 0.0892. The van der Waals surface area contributed by atoms with E-state index in [0.717, 1.165) is 22.7 Å². The minimum Gasteiger partial charge on any atom is -0.494 e. The molecule has 1 N–H and O–H groups in total. The predicted octanol–water partition coefficient (Wildman–Crippen LogP) is 5.34. The lowest BCUT2D eigenvalue weighted by atomic mass is 10.1. The zero-order valence-corrected chi connectivity index (χ0v) is 19.9. The minimum atomic E-state index is -0.0892. The first-order valence-electron chi connectivity index (χ1n) is 10.2. The average Bonchev–Trinajstić information content (AvgIpc) is 3.24. The van der Waals surface area contributed by atoms with Gasteiger partial charge in [-0.1, -0.05) is 35.2 Å². The van der Waals surface area contributed by atoms with Gasteiger partial charge in [0.2, 0.25) is 11.0 Å². The second-order valence-corrected chi connectivity index (χ2v) is 9.11. The van der Waals surface area contributed by atoms with Gasteiger partial charge < -0.3 is 15.0 Å². The molecule has 0 saturated carbocycles. The van der Waals surface area contributed by atoms with E-state index in [9.17, 15) is 4.79 Å². The topological polar surface area (TPSA) is 91.1 Å². The van der Waals surface area contributed by atoms with Crippen molar-refractivity contribution in [1.29, 1.82) is 5.26 Å². The molecular weight excluding hydrogens is 442 g/mol. The van der Waals surface area contributed by atoms with Crippen LogP contribution in [0.2, 0.25) is 0 Å². The Morgan fingerprint density at radius 3 is 2.72 bits per heavy atom. The van der Waals surface area contributed by atoms with Crippen molar-refractivity contribution in [2.24, 2.45) is 0 Å². The number of nitrogens with zero attached hydrogens (tertiary/aromatic N) is 4. The van der Waals surface area contributed by atoms with Crippen molar-refractivity contribution in [3.8, 4) is 11.8 Å². The van der Waals surface area contributed by atoms with E-state index in [1.54, 1.807) is 4.90 Å². The van der Waals surface area contributed by atoms with E-state index in [1.807, 2.05) is 43.3 Å². The highest BCUT2D eigenvalue weighted by atomic mass is 32.2. The van der Waals surface area contributed by atoms with Crippen LogP contribution in [0.5, 0.6) is 5.75 Å². The maximum Gasteiger partial charge on any atom is 0.237 e. The summed E-state index contributed by atoms with van der Waals surface area (Å²) >= 11 is 2.75. The molecule has 3 aromatic rings. The fraction of sp³-hybridized carbons (Fsp3) is 0.304. The number of ether oxygens (including phenoxy) is 1. The maximum absolute atomic E-state index is 12.9. The van der Waals surface area contributed by atoms with E-state index in [0.29, 0.717) is 22.6 Å². The first-order chi connectivity index (χ1) is 15.5. The number of aryl methyl sites for hydroxylation is 1. The lowest BCUT2D eigenvalue weighted by Gasteiger charge is -2.21. The highest BCUT2D eigenvalue weighted by Gasteiger charge is 2.17. The van der Waals surface area contributed by atoms with E-state index in [1.165, 1.54) is 28.7 Å². The van der Waals surface area contributed by atoms with Crippen molar-refractivity contribution in [3.63, 3.8) is 0 Å². The molecule has 7 nitrogen and oxygen atoms in total. The van der Waals surface area contributed by atoms with Gasteiger partial charge in [-0.3, -0.25) is 4.79 Å². The molecule has 166 valence electrons. The van der Waals surface area contributed by atoms with Crippen LogP contribution in [-0.4, -0.2) is 35.0 Å². The summed E-state index contributed by atoms with van der Waals surface area (Å²) in [4.78, 5) is 14.5. The Morgan fingerprint density at radius 2 is 2.00 bits per heavy atom. The molecule has 32 heavy (non-hydrogen) atoms. The molecule has 0 saturated heterocycles. The molecule has 0 fully saturated rings. The third-order valence-corrected chi connectivity index (χ3v) is 6.74. The molecule has 0 radical (unpaired) electrons. The van der Waals surface area contributed by atoms with Crippen LogP contribution in [0, 0.1) is 25.2 Å². The lowest BCUT2D eigenvalue weighted by molar-refractivity contribution is -0.116. The Bertz CT molecular complexity index is 1090. The van der Waals surface area contributed by atoms with Gasteiger partial charge in [-0.05, 0) is 62.2 Å². The van der Waals surface area contributed by atoms with Crippen LogP contribution in [0.3, 0.4) is 0 Å². The molecule has 0 bridgehead atoms. The number of hydrogen-bond donors (Lipinski definition) is 1. The first-order valence-corrected chi connectivity index (χ1v) is 12.0. The number of carbonyl (C=O) groups is 1. The smallest absolute Gasteiger partial charge is 0.237 e. The Labute approximate surface area is 196 Å². The first kappa shape index (κ1) is 23.6. The molecule has 0 atom stereocenters. The Kier molecular flexibility index (Phi) is 8.48. The Balaban J connectivity index is 1.63. The van der Waals surface area contributed by atoms with Crippen molar-refractivity contribution in [2.75, 3.05) is 29.1 Å². The van der Waals surface area contributed by atoms with Crippen molar-refractivity contribution in [3.05, 3.63) is 53.6 Å². The number of anilines is 3. The third kappa shape index (κ3) is 6.22. The normalized spacial score (nSPS) is 10.4. The summed E-state index contributed by atoms with van der Waals surface area (Å²) in [6, 6.07) is 15.5. The number of aromatic nitrogens is 2. The highest BCUT2D eigenvalue weighted by molar-refractivity contribution is 8.01. The molecule has 2 aromatic carbocycles. The summed E-state index contributed by atoms with van der Waals surface area (Å²) in [5, 5.41) is 21.4. The van der Waals surface area contributed by atoms with Gasteiger partial charge in [-0.25, -0.2) is 0 Å². The molecule has 1 heterocycles. The summed E-state index contributed by atoms with van der Waals surface area (Å²) in [5.74, 6) is 0.862. The fourth-order valence-electron chi connectivity index (χ4n) is 2.97. The standard InChI is InChI=1S/C23H25N5O2S2/c1-4-30-19-11-9-18(10-12-19)28(14-6-13-24)21(29)15-31-23-27-26-22(32-23)25-20-8-5-7-16(2)17(20)3/h5,7-12H,4,6,14-15H2,1-3H3,(H,25,26). The highest BCUT2D eigenvalue weighted by Crippen LogP contribution is 2.30. The van der Waals surface area contributed by atoms with Crippen LogP contribution in [0.1, 0.15) is 24.5 Å². The SMILES string of the molecule is CCOc1ccc(N(CCC#N)C(=O)CSc2nnc(Nc3cccc(C)c3C)s2)cc1. The summed E-state index contributed by atoms with van der Waals surface area (Å²) in [6.45, 7) is 6.96. The monoisotopic (exact) mass is 467 g/mol. The van der Waals surface area contributed by atoms with Gasteiger partial charge >= 0.3 is 0 Å². The molecular formula is C23H25N5O2S2. The lowest BCUT2D eigenvalue weighted by Crippen LogP contribution is -2.33. The number of nitrogens with one attached hydrogen (secondary N) is 1. The number of carbonyl (C=O) groups excluding carboxylic acids is 1. The summed E-state index contributed by atoms with van der Waals surface area (Å²) in [7, 11) is 0. The van der Waals surface area contributed by atoms with Crippen molar-refractivity contribution >= 4 is 45.5 Å². The van der Waals surface area contributed by atoms with Gasteiger partial charge in [0.05, 0.1) is 24.8 Å². The second-order valence-electron chi connectivity index (χ2n) is 6.91. The molecule has 3 rings (SSSR count). The van der Waals surface area contributed by atoms with Crippen LogP contribution in [0.4, 0.5) is 16.5 Å². The molecule has 1 amide bonds. The van der Waals surface area contributed by atoms with Gasteiger partial charge in [0.25, 0.3) is 0 Å². The van der Waals surface area contributed by atoms with Crippen LogP contribution in [0.15, 0.2) is 46.8 Å². The van der Waals surface area contributed by atoms with Gasteiger partial charge in [-0.2, -0.15) is 5.26 Å². The summed E-state index contributed by atoms with van der Waals surface area (Å²) in [5.41, 5.74) is 4.10. The Morgan fingerprint density at radius 1 is 1.22 bits per heavy atom. The van der Waals surface area contributed by atoms with E-state index in [4.69, 9.17) is 10.00 Å². The molecule has 9 heteroatoms. The maximum atomic E-state index is 12.9. The van der Waals surface area contributed by atoms with Crippen LogP contribution < -0.4 is 15.0 Å². The Hall–Kier alpha value is -3.09. The van der Waals surface area contributed by atoms with E-state index in [2.05, 4.69) is 41.5 Å². The van der Waals surface area contributed by atoms with Crippen LogP contribution in [0.25, 0.3) is 0 Å². The number of amides is 1. The molecule has 0 aliphatic rings.